The quantitative estimate of drug-likeness (QED) is 0.182. The van der Waals surface area contributed by atoms with Crippen LogP contribution in [0.15, 0.2) is 42.5 Å². The van der Waals surface area contributed by atoms with Gasteiger partial charge in [0.1, 0.15) is 24.1 Å². The highest BCUT2D eigenvalue weighted by Crippen LogP contribution is 2.60. The third kappa shape index (κ3) is 5.43. The number of nitrogens with one attached hydrogen (secondary N) is 1. The average Bonchev–Trinajstić information content (AvgIpc) is 3.40. The maximum atomic E-state index is 15.7. The van der Waals surface area contributed by atoms with Crippen LogP contribution in [0.4, 0.5) is 15.5 Å². The van der Waals surface area contributed by atoms with Crippen molar-refractivity contribution in [2.75, 3.05) is 23.9 Å². The van der Waals surface area contributed by atoms with Crippen LogP contribution >= 0.6 is 0 Å². The third-order valence-corrected chi connectivity index (χ3v) is 11.4. The van der Waals surface area contributed by atoms with E-state index in [4.69, 9.17) is 14.2 Å². The number of ether oxygens (including phenoxy) is 3. The second kappa shape index (κ2) is 12.1. The fourth-order valence-electron chi connectivity index (χ4n) is 6.93. The summed E-state index contributed by atoms with van der Waals surface area (Å²) in [6.07, 6.45) is -9.34. The fraction of sp³-hybridized carbons (Fsp3) is 0.533. The molecule has 9 atom stereocenters. The molecule has 240 valence electrons. The van der Waals surface area contributed by atoms with E-state index in [2.05, 4.69) is 5.32 Å². The van der Waals surface area contributed by atoms with Gasteiger partial charge in [-0.15, -0.1) is 0 Å². The molecule has 0 aromatic heterocycles. The van der Waals surface area contributed by atoms with Gasteiger partial charge in [0, 0.05) is 29.3 Å². The molecule has 0 bridgehead atoms. The molecular formula is C30H39FN2O10Si. The molecule has 2 aromatic rings. The van der Waals surface area contributed by atoms with Crippen molar-refractivity contribution in [2.45, 2.75) is 80.9 Å². The molecule has 2 saturated heterocycles. The van der Waals surface area contributed by atoms with Crippen LogP contribution in [0.3, 0.4) is 0 Å². The van der Waals surface area contributed by atoms with Crippen LogP contribution in [0, 0.1) is 5.92 Å². The number of amides is 2. The highest BCUT2D eigenvalue weighted by atomic mass is 28.4. The molecule has 2 fully saturated rings. The number of rotatable bonds is 8. The number of methoxy groups -OCH3 is 1. The maximum Gasteiger partial charge on any atom is 0.264 e. The Balaban J connectivity index is 1.44. The first kappa shape index (κ1) is 32.4. The molecule has 2 aromatic carbocycles. The van der Waals surface area contributed by atoms with Gasteiger partial charge in [-0.1, -0.05) is 19.1 Å². The van der Waals surface area contributed by atoms with Crippen LogP contribution in [-0.4, -0.2) is 96.3 Å². The average molecular weight is 635 g/mol. The first-order valence-electron chi connectivity index (χ1n) is 14.5. The SMILES string of the molecule is COc1ccc2c(c1)[C@@]1(O[C@H](CCO)[C@@H]([Si](C)(C)F)[C@@H]1C)C(=O)N2Cc1cccc(NC(=O)[C@H]2O[C@@H](O)[C@H](O)[C@@H](O)[C@@H]2O)c1. The van der Waals surface area contributed by atoms with Crippen molar-refractivity contribution < 1.29 is 53.4 Å². The van der Waals surface area contributed by atoms with Gasteiger partial charge in [0.15, 0.2) is 18.0 Å². The highest BCUT2D eigenvalue weighted by molar-refractivity contribution is 6.72. The van der Waals surface area contributed by atoms with Crippen molar-refractivity contribution in [1.82, 2.24) is 0 Å². The molecule has 14 heteroatoms. The van der Waals surface area contributed by atoms with Crippen LogP contribution in [0.5, 0.6) is 5.75 Å². The lowest BCUT2D eigenvalue weighted by Crippen LogP contribution is -2.60. The van der Waals surface area contributed by atoms with Gasteiger partial charge in [-0.3, -0.25) is 9.59 Å². The molecule has 0 unspecified atom stereocenters. The zero-order chi connectivity index (χ0) is 32.1. The minimum atomic E-state index is -3.36. The molecule has 0 saturated carbocycles. The lowest BCUT2D eigenvalue weighted by atomic mass is 9.82. The van der Waals surface area contributed by atoms with Gasteiger partial charge in [0.05, 0.1) is 25.4 Å². The van der Waals surface area contributed by atoms with Crippen molar-refractivity contribution in [2.24, 2.45) is 5.92 Å². The van der Waals surface area contributed by atoms with Gasteiger partial charge >= 0.3 is 0 Å². The largest absolute Gasteiger partial charge is 0.497 e. The number of carbonyl (C=O) groups is 2. The summed E-state index contributed by atoms with van der Waals surface area (Å²) in [5, 5.41) is 52.0. The van der Waals surface area contributed by atoms with E-state index in [9.17, 15) is 35.1 Å². The van der Waals surface area contributed by atoms with Crippen LogP contribution < -0.4 is 15.0 Å². The van der Waals surface area contributed by atoms with Crippen LogP contribution in [0.2, 0.25) is 18.6 Å². The van der Waals surface area contributed by atoms with E-state index in [1.165, 1.54) is 7.11 Å². The molecule has 0 radical (unpaired) electrons. The van der Waals surface area contributed by atoms with Crippen LogP contribution in [-0.2, 0) is 31.2 Å². The molecule has 3 heterocycles. The number of halogens is 1. The van der Waals surface area contributed by atoms with Crippen molar-refractivity contribution >= 4 is 31.6 Å². The maximum absolute atomic E-state index is 15.7. The summed E-state index contributed by atoms with van der Waals surface area (Å²) >= 11 is 0. The van der Waals surface area contributed by atoms with Crippen LogP contribution in [0.25, 0.3) is 0 Å². The number of hydrogen-bond donors (Lipinski definition) is 6. The van der Waals surface area contributed by atoms with E-state index in [1.807, 2.05) is 6.92 Å². The molecule has 3 aliphatic heterocycles. The predicted octanol–water partition coefficient (Wildman–Crippen LogP) is 1.14. The number of aliphatic hydroxyl groups is 5. The summed E-state index contributed by atoms with van der Waals surface area (Å²) in [5.74, 6) is -1.26. The second-order valence-corrected chi connectivity index (χ2v) is 16.0. The fourth-order valence-corrected chi connectivity index (χ4v) is 9.47. The number of fused-ring (bicyclic) bond motifs is 2. The number of aliphatic hydroxyl groups excluding tert-OH is 5. The minimum Gasteiger partial charge on any atom is -0.497 e. The first-order chi connectivity index (χ1) is 20.7. The van der Waals surface area contributed by atoms with E-state index in [0.717, 1.165) is 0 Å². The van der Waals surface area contributed by atoms with Gasteiger partial charge in [-0.25, -0.2) is 0 Å². The second-order valence-electron chi connectivity index (χ2n) is 12.2. The lowest BCUT2D eigenvalue weighted by Gasteiger charge is -2.37. The molecule has 3 aliphatic rings. The Morgan fingerprint density at radius 3 is 2.50 bits per heavy atom. The first-order valence-corrected chi connectivity index (χ1v) is 17.5. The zero-order valence-corrected chi connectivity index (χ0v) is 25.9. The van der Waals surface area contributed by atoms with E-state index in [-0.39, 0.29) is 31.2 Å². The molecule has 44 heavy (non-hydrogen) atoms. The Labute approximate surface area is 255 Å². The summed E-state index contributed by atoms with van der Waals surface area (Å²) < 4.78 is 32.7. The van der Waals surface area contributed by atoms with Crippen molar-refractivity contribution in [3.63, 3.8) is 0 Å². The van der Waals surface area contributed by atoms with Gasteiger partial charge < -0.3 is 54.1 Å². The monoisotopic (exact) mass is 634 g/mol. The van der Waals surface area contributed by atoms with E-state index >= 15 is 4.11 Å². The number of anilines is 2. The Morgan fingerprint density at radius 1 is 1.11 bits per heavy atom. The molecule has 0 aliphatic carbocycles. The number of carbonyl (C=O) groups excluding carboxylic acids is 2. The van der Waals surface area contributed by atoms with E-state index < -0.39 is 68.2 Å². The number of hydrogen-bond acceptors (Lipinski definition) is 10. The van der Waals surface area contributed by atoms with Crippen LogP contribution in [0.1, 0.15) is 24.5 Å². The van der Waals surface area contributed by atoms with Crippen molar-refractivity contribution in [3.05, 3.63) is 53.6 Å². The standard InChI is InChI=1S/C30H39FN2O10Si/c1-15-26(44(3,4)31)21(10-11-34)43-30(15)19-13-18(41-2)8-9-20(19)33(29(30)40)14-16-6-5-7-17(12-16)32-27(38)25-23(36)22(35)24(37)28(39)42-25/h5-9,12-13,15,21-26,28,34-37,39H,10-11,14H2,1-4H3,(H,32,38)/t15-,21+,22-,23-,24+,25-,26-,28+,30+/m0/s1. The molecule has 2 amide bonds. The summed E-state index contributed by atoms with van der Waals surface area (Å²) in [4.78, 5) is 28.9. The van der Waals surface area contributed by atoms with E-state index in [0.29, 0.717) is 22.6 Å². The number of nitrogens with zero attached hydrogens (tertiary/aromatic N) is 1. The molecule has 5 rings (SSSR count). The summed E-state index contributed by atoms with van der Waals surface area (Å²) in [6.45, 7) is 4.86. The summed E-state index contributed by atoms with van der Waals surface area (Å²) in [6, 6.07) is 11.8. The molecular weight excluding hydrogens is 595 g/mol. The Morgan fingerprint density at radius 2 is 1.84 bits per heavy atom. The van der Waals surface area contributed by atoms with Gasteiger partial charge in [-0.2, -0.15) is 0 Å². The van der Waals surface area contributed by atoms with E-state index in [1.54, 1.807) is 60.5 Å². The molecule has 1 spiro atoms. The minimum absolute atomic E-state index is 0.0671. The Kier molecular flexibility index (Phi) is 8.92. The molecule has 6 N–H and O–H groups in total. The Hall–Kier alpha value is -2.95. The topological polar surface area (TPSA) is 178 Å². The highest BCUT2D eigenvalue weighted by Gasteiger charge is 2.66. The van der Waals surface area contributed by atoms with Gasteiger partial charge in [-0.05, 0) is 55.4 Å². The van der Waals surface area contributed by atoms with Crippen molar-refractivity contribution in [3.8, 4) is 5.75 Å². The van der Waals surface area contributed by atoms with Gasteiger partial charge in [0.25, 0.3) is 11.8 Å². The summed E-state index contributed by atoms with van der Waals surface area (Å²) in [7, 11) is -1.85. The number of benzene rings is 2. The van der Waals surface area contributed by atoms with Crippen molar-refractivity contribution in [1.29, 1.82) is 0 Å². The Bertz CT molecular complexity index is 1410. The third-order valence-electron chi connectivity index (χ3n) is 8.96. The zero-order valence-electron chi connectivity index (χ0n) is 24.9. The lowest BCUT2D eigenvalue weighted by molar-refractivity contribution is -0.274. The normalized spacial score (nSPS) is 33.5. The molecule has 12 nitrogen and oxygen atoms in total. The summed E-state index contributed by atoms with van der Waals surface area (Å²) in [5.41, 5.74) is -0.00801. The smallest absolute Gasteiger partial charge is 0.264 e. The predicted molar refractivity (Wildman–Crippen MR) is 158 cm³/mol. The van der Waals surface area contributed by atoms with Gasteiger partial charge in [0.2, 0.25) is 8.41 Å².